The van der Waals surface area contributed by atoms with E-state index in [0.717, 1.165) is 18.3 Å². The van der Waals surface area contributed by atoms with E-state index in [4.69, 9.17) is 10.0 Å². The average Bonchev–Trinajstić information content (AvgIpc) is 2.47. The van der Waals surface area contributed by atoms with Crippen LogP contribution in [0.1, 0.15) is 57.4 Å². The molecule has 1 saturated carbocycles. The van der Waals surface area contributed by atoms with E-state index < -0.39 is 7.12 Å². The van der Waals surface area contributed by atoms with Gasteiger partial charge >= 0.3 is 7.12 Å². The minimum atomic E-state index is -1.35. The molecule has 1 aliphatic carbocycles. The van der Waals surface area contributed by atoms with Crippen LogP contribution in [0.25, 0.3) is 0 Å². The van der Waals surface area contributed by atoms with Crippen LogP contribution in [0.3, 0.4) is 0 Å². The van der Waals surface area contributed by atoms with E-state index in [-0.39, 0.29) is 0 Å². The van der Waals surface area contributed by atoms with Gasteiger partial charge in [-0.2, -0.15) is 0 Å². The first kappa shape index (κ1) is 15.6. The maximum absolute atomic E-state index is 9.07. The fourth-order valence-corrected chi connectivity index (χ4v) is 3.44. The molecule has 0 saturated heterocycles. The molecule has 1 fully saturated rings. The Morgan fingerprint density at radius 3 is 2.00 bits per heavy atom. The zero-order valence-electron chi connectivity index (χ0n) is 12.6. The zero-order valence-corrected chi connectivity index (χ0v) is 12.6. The van der Waals surface area contributed by atoms with Crippen molar-refractivity contribution in [3.8, 4) is 0 Å². The molecule has 0 heterocycles. The first-order valence-electron chi connectivity index (χ1n) is 8.14. The molecular weight excluding hydrogens is 247 g/mol. The van der Waals surface area contributed by atoms with Gasteiger partial charge in [-0.3, -0.25) is 0 Å². The van der Waals surface area contributed by atoms with E-state index in [0.29, 0.717) is 5.46 Å². The van der Waals surface area contributed by atoms with Crippen molar-refractivity contribution >= 4 is 12.6 Å². The van der Waals surface area contributed by atoms with Crippen molar-refractivity contribution in [3.05, 3.63) is 29.8 Å². The van der Waals surface area contributed by atoms with Crippen molar-refractivity contribution in [3.63, 3.8) is 0 Å². The zero-order chi connectivity index (χ0) is 14.4. The van der Waals surface area contributed by atoms with Crippen LogP contribution >= 0.6 is 0 Å². The molecule has 0 atom stereocenters. The normalized spacial score (nSPS) is 22.8. The standard InChI is InChI=1S/C17H27BO2/c1-2-3-14-4-6-15(7-5-14)8-9-16-10-12-17(13-11-16)18(19)20/h10-15,19-20H,2-9H2,1H3. The highest BCUT2D eigenvalue weighted by Gasteiger charge is 2.20. The van der Waals surface area contributed by atoms with Gasteiger partial charge in [0.25, 0.3) is 0 Å². The van der Waals surface area contributed by atoms with Gasteiger partial charge in [0.2, 0.25) is 0 Å². The maximum Gasteiger partial charge on any atom is 0.488 e. The second-order valence-electron chi connectivity index (χ2n) is 6.33. The van der Waals surface area contributed by atoms with Crippen LogP contribution in [0.2, 0.25) is 0 Å². The predicted octanol–water partition coefficient (Wildman–Crippen LogP) is 2.91. The predicted molar refractivity (Wildman–Crippen MR) is 84.9 cm³/mol. The molecule has 0 spiro atoms. The fourth-order valence-electron chi connectivity index (χ4n) is 3.44. The Balaban J connectivity index is 1.73. The SMILES string of the molecule is CCCC1CCC(CCc2ccc(B(O)O)cc2)CC1. The molecule has 1 aromatic carbocycles. The van der Waals surface area contributed by atoms with Crippen molar-refractivity contribution in [2.24, 2.45) is 11.8 Å². The summed E-state index contributed by atoms with van der Waals surface area (Å²) in [6, 6.07) is 7.69. The van der Waals surface area contributed by atoms with Crippen LogP contribution in [-0.4, -0.2) is 17.2 Å². The van der Waals surface area contributed by atoms with Crippen LogP contribution in [0.4, 0.5) is 0 Å². The van der Waals surface area contributed by atoms with Crippen LogP contribution < -0.4 is 5.46 Å². The Morgan fingerprint density at radius 1 is 0.950 bits per heavy atom. The number of hydrogen-bond donors (Lipinski definition) is 2. The van der Waals surface area contributed by atoms with E-state index in [1.54, 1.807) is 0 Å². The molecule has 1 aromatic rings. The molecule has 0 aromatic heterocycles. The van der Waals surface area contributed by atoms with Crippen LogP contribution in [0.5, 0.6) is 0 Å². The average molecular weight is 274 g/mol. The summed E-state index contributed by atoms with van der Waals surface area (Å²) >= 11 is 0. The summed E-state index contributed by atoms with van der Waals surface area (Å²) in [5.74, 6) is 1.88. The quantitative estimate of drug-likeness (QED) is 0.783. The van der Waals surface area contributed by atoms with Crippen molar-refractivity contribution < 1.29 is 10.0 Å². The van der Waals surface area contributed by atoms with Gasteiger partial charge in [0.1, 0.15) is 0 Å². The molecule has 3 heteroatoms. The molecule has 20 heavy (non-hydrogen) atoms. The number of rotatable bonds is 6. The Morgan fingerprint density at radius 2 is 1.50 bits per heavy atom. The largest absolute Gasteiger partial charge is 0.488 e. The molecule has 2 nitrogen and oxygen atoms in total. The molecule has 1 aliphatic rings. The van der Waals surface area contributed by atoms with Crippen molar-refractivity contribution in [1.82, 2.24) is 0 Å². The topological polar surface area (TPSA) is 40.5 Å². The lowest BCUT2D eigenvalue weighted by Crippen LogP contribution is -2.29. The molecule has 2 N–H and O–H groups in total. The van der Waals surface area contributed by atoms with Crippen molar-refractivity contribution in [2.45, 2.75) is 58.3 Å². The third-order valence-electron chi connectivity index (χ3n) is 4.78. The summed E-state index contributed by atoms with van der Waals surface area (Å²) < 4.78 is 0. The summed E-state index contributed by atoms with van der Waals surface area (Å²) in [4.78, 5) is 0. The van der Waals surface area contributed by atoms with Crippen LogP contribution in [0, 0.1) is 11.8 Å². The van der Waals surface area contributed by atoms with Crippen molar-refractivity contribution in [2.75, 3.05) is 0 Å². The van der Waals surface area contributed by atoms with Crippen molar-refractivity contribution in [1.29, 1.82) is 0 Å². The van der Waals surface area contributed by atoms with E-state index in [2.05, 4.69) is 6.92 Å². The molecule has 0 unspecified atom stereocenters. The molecule has 0 radical (unpaired) electrons. The van der Waals surface area contributed by atoms with Gasteiger partial charge < -0.3 is 10.0 Å². The summed E-state index contributed by atoms with van der Waals surface area (Å²) in [6.07, 6.45) is 10.8. The van der Waals surface area contributed by atoms with Crippen LogP contribution in [0.15, 0.2) is 24.3 Å². The highest BCUT2D eigenvalue weighted by molar-refractivity contribution is 6.58. The highest BCUT2D eigenvalue weighted by atomic mass is 16.4. The second kappa shape index (κ2) is 7.85. The fraction of sp³-hybridized carbons (Fsp3) is 0.647. The molecule has 0 amide bonds. The smallest absolute Gasteiger partial charge is 0.423 e. The minimum absolute atomic E-state index is 0.578. The van der Waals surface area contributed by atoms with E-state index in [9.17, 15) is 0 Å². The number of hydrogen-bond acceptors (Lipinski definition) is 2. The summed E-state index contributed by atoms with van der Waals surface area (Å²) in [5, 5.41) is 18.1. The first-order chi connectivity index (χ1) is 9.69. The third-order valence-corrected chi connectivity index (χ3v) is 4.78. The second-order valence-corrected chi connectivity index (χ2v) is 6.33. The van der Waals surface area contributed by atoms with E-state index in [1.807, 2.05) is 24.3 Å². The van der Waals surface area contributed by atoms with Gasteiger partial charge in [0.05, 0.1) is 0 Å². The van der Waals surface area contributed by atoms with Gasteiger partial charge in [-0.25, -0.2) is 0 Å². The van der Waals surface area contributed by atoms with E-state index in [1.165, 1.54) is 50.5 Å². The minimum Gasteiger partial charge on any atom is -0.423 e. The van der Waals surface area contributed by atoms with Gasteiger partial charge in [-0.1, -0.05) is 69.7 Å². The number of aryl methyl sites for hydroxylation is 1. The number of benzene rings is 1. The lowest BCUT2D eigenvalue weighted by Gasteiger charge is -2.28. The monoisotopic (exact) mass is 274 g/mol. The first-order valence-corrected chi connectivity index (χ1v) is 8.14. The summed E-state index contributed by atoms with van der Waals surface area (Å²) in [7, 11) is -1.35. The lowest BCUT2D eigenvalue weighted by atomic mass is 9.77. The van der Waals surface area contributed by atoms with Gasteiger partial charge in [-0.05, 0) is 35.7 Å². The Bertz CT molecular complexity index is 380. The van der Waals surface area contributed by atoms with Gasteiger partial charge in [-0.15, -0.1) is 0 Å². The molecule has 110 valence electrons. The van der Waals surface area contributed by atoms with Crippen LogP contribution in [-0.2, 0) is 6.42 Å². The molecular formula is C17H27BO2. The summed E-state index contributed by atoms with van der Waals surface area (Å²) in [6.45, 7) is 2.29. The third kappa shape index (κ3) is 4.64. The summed E-state index contributed by atoms with van der Waals surface area (Å²) in [5.41, 5.74) is 1.89. The maximum atomic E-state index is 9.07. The Labute approximate surface area is 123 Å². The molecule has 2 rings (SSSR count). The highest BCUT2D eigenvalue weighted by Crippen LogP contribution is 2.33. The Kier molecular flexibility index (Phi) is 6.12. The lowest BCUT2D eigenvalue weighted by molar-refractivity contribution is 0.252. The molecule has 0 aliphatic heterocycles. The van der Waals surface area contributed by atoms with Gasteiger partial charge in [0.15, 0.2) is 0 Å². The molecule has 0 bridgehead atoms. The van der Waals surface area contributed by atoms with Gasteiger partial charge in [0, 0.05) is 0 Å². The Hall–Kier alpha value is -0.795. The van der Waals surface area contributed by atoms with E-state index >= 15 is 0 Å².